The Balaban J connectivity index is 1.81. The van der Waals surface area contributed by atoms with E-state index in [-0.39, 0.29) is 17.9 Å². The molecule has 2 aromatic rings. The molecule has 6 nitrogen and oxygen atoms in total. The lowest BCUT2D eigenvalue weighted by Crippen LogP contribution is -2.31. The fraction of sp³-hybridized carbons (Fsp3) is 0.526. The summed E-state index contributed by atoms with van der Waals surface area (Å²) in [6, 6.07) is 5.76. The Bertz CT molecular complexity index is 808. The molecule has 0 unspecified atom stereocenters. The van der Waals surface area contributed by atoms with Crippen molar-refractivity contribution < 1.29 is 9.59 Å². The number of nitrogens with zero attached hydrogens (tertiary/aromatic N) is 3. The molecule has 0 aliphatic carbocycles. The number of hydrogen-bond acceptors (Lipinski definition) is 4. The van der Waals surface area contributed by atoms with Crippen molar-refractivity contribution in [3.05, 3.63) is 39.3 Å². The summed E-state index contributed by atoms with van der Waals surface area (Å²) < 4.78 is 1.69. The molecule has 1 aliphatic heterocycles. The molecule has 2 aromatic heterocycles. The normalized spacial score (nSPS) is 17.1. The maximum Gasteiger partial charge on any atom is 0.272 e. The molecule has 7 heteroatoms. The van der Waals surface area contributed by atoms with Crippen LogP contribution in [0, 0.1) is 5.92 Å². The number of carbonyl (C=O) groups is 2. The molecular weight excluding hydrogens is 348 g/mol. The monoisotopic (exact) mass is 374 g/mol. The Morgan fingerprint density at radius 2 is 2.15 bits per heavy atom. The van der Waals surface area contributed by atoms with Crippen molar-refractivity contribution in [2.24, 2.45) is 13.0 Å². The lowest BCUT2D eigenvalue weighted by Gasteiger charge is -2.23. The molecule has 140 valence electrons. The first-order valence-electron chi connectivity index (χ1n) is 9.06. The molecule has 0 saturated carbocycles. The van der Waals surface area contributed by atoms with Crippen LogP contribution in [0.4, 0.5) is 0 Å². The van der Waals surface area contributed by atoms with Crippen LogP contribution in [-0.4, -0.2) is 40.1 Å². The largest absolute Gasteiger partial charge is 0.354 e. The van der Waals surface area contributed by atoms with Gasteiger partial charge in [-0.2, -0.15) is 5.10 Å². The van der Waals surface area contributed by atoms with Gasteiger partial charge in [0.2, 0.25) is 0 Å². The van der Waals surface area contributed by atoms with Crippen LogP contribution in [0.15, 0.2) is 18.2 Å². The Morgan fingerprint density at radius 1 is 1.38 bits per heavy atom. The highest BCUT2D eigenvalue weighted by molar-refractivity contribution is 7.14. The van der Waals surface area contributed by atoms with E-state index < -0.39 is 0 Å². The van der Waals surface area contributed by atoms with E-state index in [1.54, 1.807) is 11.7 Å². The number of amides is 2. The molecular formula is C19H26N4O2S. The quantitative estimate of drug-likeness (QED) is 0.875. The average molecular weight is 375 g/mol. The second-order valence-electron chi connectivity index (χ2n) is 7.18. The van der Waals surface area contributed by atoms with Gasteiger partial charge in [0.05, 0.1) is 16.6 Å². The molecule has 1 N–H and O–H groups in total. The fourth-order valence-corrected chi connectivity index (χ4v) is 4.58. The number of carbonyl (C=O) groups excluding carboxylic acids is 2. The summed E-state index contributed by atoms with van der Waals surface area (Å²) in [5, 5.41) is 7.15. The first-order chi connectivity index (χ1) is 12.4. The summed E-state index contributed by atoms with van der Waals surface area (Å²) in [7, 11) is 3.46. The predicted octanol–water partition coefficient (Wildman–Crippen LogP) is 3.02. The van der Waals surface area contributed by atoms with Gasteiger partial charge in [-0.3, -0.25) is 14.3 Å². The van der Waals surface area contributed by atoms with Crippen molar-refractivity contribution in [1.82, 2.24) is 20.0 Å². The van der Waals surface area contributed by atoms with Crippen LogP contribution in [0.5, 0.6) is 0 Å². The number of nitrogens with one attached hydrogen (secondary N) is 1. The molecule has 1 fully saturated rings. The number of aryl methyl sites for hydroxylation is 1. The van der Waals surface area contributed by atoms with Crippen LogP contribution in [0.2, 0.25) is 0 Å². The smallest absolute Gasteiger partial charge is 0.272 e. The van der Waals surface area contributed by atoms with Crippen LogP contribution >= 0.6 is 11.3 Å². The minimum absolute atomic E-state index is 0.0207. The molecule has 3 heterocycles. The van der Waals surface area contributed by atoms with Crippen LogP contribution in [0.1, 0.15) is 63.5 Å². The van der Waals surface area contributed by atoms with Crippen molar-refractivity contribution in [1.29, 1.82) is 0 Å². The van der Waals surface area contributed by atoms with Gasteiger partial charge < -0.3 is 10.2 Å². The summed E-state index contributed by atoms with van der Waals surface area (Å²) in [4.78, 5) is 28.6. The van der Waals surface area contributed by atoms with Gasteiger partial charge in [0.1, 0.15) is 5.69 Å². The molecule has 0 aromatic carbocycles. The number of thiophene rings is 1. The molecule has 2 amide bonds. The van der Waals surface area contributed by atoms with Crippen LogP contribution < -0.4 is 5.32 Å². The molecule has 1 saturated heterocycles. The standard InChI is InChI=1S/C19H26N4O2S/c1-12(2)10-13-11-15(22(4)21-13)19(25)23-9-5-6-14(23)16-7-8-17(26-16)18(24)20-3/h7-8,11-12,14H,5-6,9-10H2,1-4H3,(H,20,24)/t14-/m0/s1. The fourth-order valence-electron chi connectivity index (χ4n) is 3.47. The summed E-state index contributed by atoms with van der Waals surface area (Å²) in [6.07, 6.45) is 2.77. The topological polar surface area (TPSA) is 67.2 Å². The van der Waals surface area contributed by atoms with E-state index in [0.29, 0.717) is 16.5 Å². The van der Waals surface area contributed by atoms with Crippen molar-refractivity contribution in [3.63, 3.8) is 0 Å². The third kappa shape index (κ3) is 3.67. The summed E-state index contributed by atoms with van der Waals surface area (Å²) in [5.74, 6) is 0.441. The number of hydrogen-bond donors (Lipinski definition) is 1. The lowest BCUT2D eigenvalue weighted by atomic mass is 10.1. The third-order valence-corrected chi connectivity index (χ3v) is 5.87. The first-order valence-corrected chi connectivity index (χ1v) is 9.88. The summed E-state index contributed by atoms with van der Waals surface area (Å²) >= 11 is 1.47. The molecule has 1 aliphatic rings. The Morgan fingerprint density at radius 3 is 2.85 bits per heavy atom. The van der Waals surface area contributed by atoms with E-state index in [4.69, 9.17) is 0 Å². The molecule has 0 radical (unpaired) electrons. The third-order valence-electron chi connectivity index (χ3n) is 4.69. The van der Waals surface area contributed by atoms with Gasteiger partial charge in [0.25, 0.3) is 11.8 Å². The van der Waals surface area contributed by atoms with Crippen LogP contribution in [0.25, 0.3) is 0 Å². The summed E-state index contributed by atoms with van der Waals surface area (Å²) in [6.45, 7) is 5.03. The minimum Gasteiger partial charge on any atom is -0.354 e. The van der Waals surface area contributed by atoms with Gasteiger partial charge in [-0.1, -0.05) is 13.8 Å². The number of aromatic nitrogens is 2. The van der Waals surface area contributed by atoms with E-state index in [1.165, 1.54) is 11.3 Å². The molecule has 0 spiro atoms. The second-order valence-corrected chi connectivity index (χ2v) is 8.30. The second kappa shape index (κ2) is 7.61. The van der Waals surface area contributed by atoms with E-state index >= 15 is 0 Å². The van der Waals surface area contributed by atoms with Gasteiger partial charge in [0, 0.05) is 25.5 Å². The Kier molecular flexibility index (Phi) is 5.46. The van der Waals surface area contributed by atoms with Crippen LogP contribution in [0.3, 0.4) is 0 Å². The summed E-state index contributed by atoms with van der Waals surface area (Å²) in [5.41, 5.74) is 1.59. The van der Waals surface area contributed by atoms with Crippen molar-refractivity contribution in [2.75, 3.05) is 13.6 Å². The number of rotatable bonds is 5. The van der Waals surface area contributed by atoms with Gasteiger partial charge >= 0.3 is 0 Å². The van der Waals surface area contributed by atoms with Gasteiger partial charge in [-0.05, 0) is 43.4 Å². The lowest BCUT2D eigenvalue weighted by molar-refractivity contribution is 0.0726. The highest BCUT2D eigenvalue weighted by Gasteiger charge is 2.33. The van der Waals surface area contributed by atoms with E-state index in [0.717, 1.165) is 36.4 Å². The SMILES string of the molecule is CNC(=O)c1ccc([C@@H]2CCCN2C(=O)c2cc(CC(C)C)nn2C)s1. The van der Waals surface area contributed by atoms with E-state index in [9.17, 15) is 9.59 Å². The van der Waals surface area contributed by atoms with Gasteiger partial charge in [-0.25, -0.2) is 0 Å². The zero-order valence-corrected chi connectivity index (χ0v) is 16.6. The minimum atomic E-state index is -0.0814. The molecule has 1 atom stereocenters. The van der Waals surface area contributed by atoms with E-state index in [2.05, 4.69) is 24.3 Å². The molecule has 0 bridgehead atoms. The highest BCUT2D eigenvalue weighted by Crippen LogP contribution is 2.36. The maximum absolute atomic E-state index is 13.1. The Hall–Kier alpha value is -2.15. The zero-order chi connectivity index (χ0) is 18.8. The number of likely N-dealkylation sites (tertiary alicyclic amines) is 1. The average Bonchev–Trinajstić information content (AvgIpc) is 3.31. The highest BCUT2D eigenvalue weighted by atomic mass is 32.1. The molecule has 3 rings (SSSR count). The zero-order valence-electron chi connectivity index (χ0n) is 15.8. The predicted molar refractivity (Wildman–Crippen MR) is 102 cm³/mol. The van der Waals surface area contributed by atoms with Crippen molar-refractivity contribution >= 4 is 23.2 Å². The molecule has 26 heavy (non-hydrogen) atoms. The maximum atomic E-state index is 13.1. The van der Waals surface area contributed by atoms with Crippen molar-refractivity contribution in [2.45, 2.75) is 39.2 Å². The Labute approximate surface area is 158 Å². The van der Waals surface area contributed by atoms with Crippen molar-refractivity contribution in [3.8, 4) is 0 Å². The van der Waals surface area contributed by atoms with Gasteiger partial charge in [0.15, 0.2) is 0 Å². The van der Waals surface area contributed by atoms with E-state index in [1.807, 2.05) is 30.1 Å². The van der Waals surface area contributed by atoms with Crippen LogP contribution in [-0.2, 0) is 13.5 Å². The first kappa shape index (κ1) is 18.6. The van der Waals surface area contributed by atoms with Gasteiger partial charge in [-0.15, -0.1) is 11.3 Å².